The maximum Gasteiger partial charge on any atom is 0.418 e. The molecule has 2 aliphatic heterocycles. The lowest BCUT2D eigenvalue weighted by atomic mass is 10.0. The molecule has 2 aromatic carbocycles. The Hall–Kier alpha value is -4.26. The van der Waals surface area contributed by atoms with Gasteiger partial charge in [-0.15, -0.1) is 0 Å². The van der Waals surface area contributed by atoms with E-state index in [4.69, 9.17) is 15.2 Å². The highest BCUT2D eigenvalue weighted by Crippen LogP contribution is 2.40. The number of methoxy groups -OCH3 is 2. The van der Waals surface area contributed by atoms with Crippen LogP contribution in [-0.4, -0.2) is 66.8 Å². The summed E-state index contributed by atoms with van der Waals surface area (Å²) in [5.41, 5.74) is 5.03. The van der Waals surface area contributed by atoms with Crippen molar-refractivity contribution in [3.8, 4) is 28.4 Å². The lowest BCUT2D eigenvalue weighted by Crippen LogP contribution is -2.46. The maximum absolute atomic E-state index is 14.4. The molecular weight excluding hydrogens is 555 g/mol. The second-order valence-corrected chi connectivity index (χ2v) is 10.4. The van der Waals surface area contributed by atoms with Crippen molar-refractivity contribution in [1.29, 1.82) is 0 Å². The summed E-state index contributed by atoms with van der Waals surface area (Å²) in [7, 11) is 2.93. The van der Waals surface area contributed by atoms with Crippen LogP contribution in [0.1, 0.15) is 30.9 Å². The molecule has 2 unspecified atom stereocenters. The number of nitrogens with zero attached hydrogens (tertiary/aromatic N) is 4. The zero-order valence-corrected chi connectivity index (χ0v) is 23.4. The van der Waals surface area contributed by atoms with E-state index < -0.39 is 41.0 Å². The summed E-state index contributed by atoms with van der Waals surface area (Å²) in [4.78, 5) is 29.8. The summed E-state index contributed by atoms with van der Waals surface area (Å²) in [5, 5.41) is 14.6. The van der Waals surface area contributed by atoms with E-state index in [-0.39, 0.29) is 24.5 Å². The Labute approximate surface area is 240 Å². The standard InChI is InChI=1S/C29H32F3N5O5/c1-4-23(27(33)39)36-10-8-21-25(16-11-19(41-2)14-20(12-16)42-3)34-37(28(40)26(21)36)24-13-17(35-9-7-18(38)15-35)5-6-22(24)29(30,31)32/h5-6,11-14,18,23,38H,4,7-10,15H2,1-3H3,(H2,33,39). The van der Waals surface area contributed by atoms with Gasteiger partial charge in [-0.25, -0.2) is 0 Å². The van der Waals surface area contributed by atoms with Crippen molar-refractivity contribution in [2.45, 2.75) is 44.5 Å². The quantitative estimate of drug-likeness (QED) is 0.412. The number of carbonyl (C=O) groups is 1. The van der Waals surface area contributed by atoms with E-state index in [0.29, 0.717) is 54.1 Å². The minimum atomic E-state index is -4.81. The molecule has 0 aliphatic carbocycles. The normalized spacial score (nSPS) is 17.4. The monoisotopic (exact) mass is 587 g/mol. The Morgan fingerprint density at radius 3 is 2.38 bits per heavy atom. The van der Waals surface area contributed by atoms with Gasteiger partial charge in [-0.3, -0.25) is 9.59 Å². The van der Waals surface area contributed by atoms with E-state index in [1.807, 2.05) is 0 Å². The SMILES string of the molecule is CCC(C(N)=O)N1CCc2c(-c3cc(OC)cc(OC)c3)nn(-c3cc(N4CCC(O)C4)ccc3C(F)(F)F)c(=O)c21. The number of primary amides is 1. The van der Waals surface area contributed by atoms with Crippen LogP contribution in [0.4, 0.5) is 24.5 Å². The van der Waals surface area contributed by atoms with Crippen molar-refractivity contribution in [2.75, 3.05) is 43.7 Å². The number of alkyl halides is 3. The van der Waals surface area contributed by atoms with Gasteiger partial charge in [-0.05, 0) is 49.6 Å². The van der Waals surface area contributed by atoms with Crippen molar-refractivity contribution in [1.82, 2.24) is 9.78 Å². The summed E-state index contributed by atoms with van der Waals surface area (Å²) in [6.45, 7) is 2.69. The fourth-order valence-electron chi connectivity index (χ4n) is 5.76. The minimum Gasteiger partial charge on any atom is -0.497 e. The number of nitrogens with two attached hydrogens (primary N) is 1. The van der Waals surface area contributed by atoms with Gasteiger partial charge >= 0.3 is 6.18 Å². The number of aromatic nitrogens is 2. The molecule has 1 amide bonds. The van der Waals surface area contributed by atoms with E-state index in [2.05, 4.69) is 5.10 Å². The van der Waals surface area contributed by atoms with Gasteiger partial charge in [-0.2, -0.15) is 23.0 Å². The predicted octanol–water partition coefficient (Wildman–Crippen LogP) is 3.13. The van der Waals surface area contributed by atoms with Crippen LogP contribution in [-0.2, 0) is 17.4 Å². The largest absolute Gasteiger partial charge is 0.497 e. The molecule has 0 saturated carbocycles. The third kappa shape index (κ3) is 5.24. The number of rotatable bonds is 8. The lowest BCUT2D eigenvalue weighted by molar-refractivity contribution is -0.137. The summed E-state index contributed by atoms with van der Waals surface area (Å²) in [6.07, 6.45) is -4.35. The number of anilines is 2. The second-order valence-electron chi connectivity index (χ2n) is 10.4. The fraction of sp³-hybridized carbons (Fsp3) is 0.414. The van der Waals surface area contributed by atoms with Gasteiger partial charge in [0.25, 0.3) is 5.56 Å². The van der Waals surface area contributed by atoms with Crippen LogP contribution < -0.4 is 30.6 Å². The maximum atomic E-state index is 14.4. The number of carbonyl (C=O) groups excluding carboxylic acids is 1. The number of β-amino-alcohol motifs (C(OH)–C–C–N with tert-alkyl or cyclic N) is 1. The first-order valence-electron chi connectivity index (χ1n) is 13.6. The summed E-state index contributed by atoms with van der Waals surface area (Å²) >= 11 is 0. The zero-order valence-electron chi connectivity index (χ0n) is 23.4. The number of amides is 1. The number of hydrogen-bond donors (Lipinski definition) is 2. The van der Waals surface area contributed by atoms with Crippen LogP contribution in [0.5, 0.6) is 11.5 Å². The van der Waals surface area contributed by atoms with E-state index in [1.165, 1.54) is 26.4 Å². The number of ether oxygens (including phenoxy) is 2. The Balaban J connectivity index is 1.82. The van der Waals surface area contributed by atoms with Crippen molar-refractivity contribution >= 4 is 17.3 Å². The van der Waals surface area contributed by atoms with Crippen LogP contribution in [0.2, 0.25) is 0 Å². The lowest BCUT2D eigenvalue weighted by Gasteiger charge is -2.27. The molecule has 3 N–H and O–H groups in total. The number of benzene rings is 2. The third-order valence-electron chi connectivity index (χ3n) is 7.82. The van der Waals surface area contributed by atoms with Crippen LogP contribution in [0, 0.1) is 0 Å². The van der Waals surface area contributed by atoms with Crippen molar-refractivity contribution < 1.29 is 32.5 Å². The van der Waals surface area contributed by atoms with Gasteiger partial charge in [-0.1, -0.05) is 6.92 Å². The fourth-order valence-corrected chi connectivity index (χ4v) is 5.76. The number of hydrogen-bond acceptors (Lipinski definition) is 8. The van der Waals surface area contributed by atoms with E-state index in [9.17, 15) is 27.9 Å². The van der Waals surface area contributed by atoms with E-state index in [1.54, 1.807) is 34.9 Å². The highest BCUT2D eigenvalue weighted by molar-refractivity contribution is 5.86. The molecule has 13 heteroatoms. The molecular formula is C29H32F3N5O5. The molecule has 1 fully saturated rings. The molecule has 3 heterocycles. The first-order chi connectivity index (χ1) is 20.0. The number of halogens is 3. The molecule has 3 aromatic rings. The average molecular weight is 588 g/mol. The molecule has 42 heavy (non-hydrogen) atoms. The van der Waals surface area contributed by atoms with Gasteiger partial charge in [0, 0.05) is 42.5 Å². The Bertz CT molecular complexity index is 1550. The molecule has 5 rings (SSSR count). The van der Waals surface area contributed by atoms with E-state index >= 15 is 0 Å². The number of aliphatic hydroxyl groups is 1. The highest BCUT2D eigenvalue weighted by Gasteiger charge is 2.38. The molecule has 2 atom stereocenters. The summed E-state index contributed by atoms with van der Waals surface area (Å²) in [6, 6.07) is 7.61. The molecule has 0 bridgehead atoms. The van der Waals surface area contributed by atoms with Gasteiger partial charge in [0.2, 0.25) is 5.91 Å². The molecule has 0 spiro atoms. The topological polar surface area (TPSA) is 123 Å². The van der Waals surface area contributed by atoms with Crippen molar-refractivity contribution in [3.63, 3.8) is 0 Å². The number of aliphatic hydroxyl groups excluding tert-OH is 1. The molecule has 0 radical (unpaired) electrons. The predicted molar refractivity (Wildman–Crippen MR) is 151 cm³/mol. The third-order valence-corrected chi connectivity index (χ3v) is 7.82. The smallest absolute Gasteiger partial charge is 0.418 e. The Morgan fingerprint density at radius 1 is 1.14 bits per heavy atom. The van der Waals surface area contributed by atoms with Crippen molar-refractivity contribution in [2.24, 2.45) is 5.73 Å². The molecule has 2 aliphatic rings. The van der Waals surface area contributed by atoms with Gasteiger partial charge in [0.1, 0.15) is 23.2 Å². The van der Waals surface area contributed by atoms with Crippen molar-refractivity contribution in [3.05, 3.63) is 57.9 Å². The van der Waals surface area contributed by atoms with Gasteiger partial charge in [0.15, 0.2) is 0 Å². The highest BCUT2D eigenvalue weighted by atomic mass is 19.4. The summed E-state index contributed by atoms with van der Waals surface area (Å²) in [5.74, 6) is 0.187. The molecule has 224 valence electrons. The molecule has 1 aromatic heterocycles. The zero-order chi connectivity index (χ0) is 30.3. The molecule has 1 saturated heterocycles. The Kier molecular flexibility index (Phi) is 7.80. The average Bonchev–Trinajstić information content (AvgIpc) is 3.59. The van der Waals surface area contributed by atoms with E-state index in [0.717, 1.165) is 10.7 Å². The van der Waals surface area contributed by atoms with Gasteiger partial charge in [0.05, 0.1) is 37.3 Å². The van der Waals surface area contributed by atoms with Crippen LogP contribution >= 0.6 is 0 Å². The Morgan fingerprint density at radius 2 is 1.83 bits per heavy atom. The second kappa shape index (κ2) is 11.2. The first kappa shape index (κ1) is 29.2. The number of fused-ring (bicyclic) bond motifs is 1. The van der Waals surface area contributed by atoms with Crippen LogP contribution in [0.15, 0.2) is 41.2 Å². The first-order valence-corrected chi connectivity index (χ1v) is 13.6. The van der Waals surface area contributed by atoms with Gasteiger partial charge < -0.3 is 30.1 Å². The molecule has 10 nitrogen and oxygen atoms in total. The minimum absolute atomic E-state index is 0.0718. The summed E-state index contributed by atoms with van der Waals surface area (Å²) < 4.78 is 54.8. The van der Waals surface area contributed by atoms with Crippen LogP contribution in [0.25, 0.3) is 16.9 Å². The van der Waals surface area contributed by atoms with Crippen LogP contribution in [0.3, 0.4) is 0 Å².